The number of nitrogens with zero attached hydrogens (tertiary/aromatic N) is 1. The highest BCUT2D eigenvalue weighted by Gasteiger charge is 2.13. The first-order chi connectivity index (χ1) is 10.2. The average molecular weight is 288 g/mol. The number of nitrogen functional groups attached to an aromatic ring is 1. The summed E-state index contributed by atoms with van der Waals surface area (Å²) in [7, 11) is 0. The smallest absolute Gasteiger partial charge is 0.146 e. The van der Waals surface area contributed by atoms with Gasteiger partial charge >= 0.3 is 0 Å². The molecule has 0 amide bonds. The maximum absolute atomic E-state index is 14.0. The van der Waals surface area contributed by atoms with E-state index < -0.39 is 0 Å². The lowest BCUT2D eigenvalue weighted by molar-refractivity contribution is 0.317. The van der Waals surface area contributed by atoms with Gasteiger partial charge in [0.1, 0.15) is 11.6 Å². The summed E-state index contributed by atoms with van der Waals surface area (Å²) in [5.41, 5.74) is 7.91. The number of halogens is 1. The number of rotatable bonds is 6. The number of hydrogen-bond donors (Lipinski definition) is 1. The van der Waals surface area contributed by atoms with Crippen LogP contribution >= 0.6 is 0 Å². The molecule has 2 N–H and O–H groups in total. The molecule has 2 aromatic carbocycles. The molecule has 0 aliphatic heterocycles. The minimum atomic E-state index is -0.252. The van der Waals surface area contributed by atoms with Gasteiger partial charge < -0.3 is 15.4 Å². The predicted octanol–water partition coefficient (Wildman–Crippen LogP) is 4.35. The molecule has 0 heterocycles. The summed E-state index contributed by atoms with van der Waals surface area (Å²) in [6, 6.07) is 12.2. The second-order valence-corrected chi connectivity index (χ2v) is 4.80. The van der Waals surface area contributed by atoms with Crippen LogP contribution in [0.3, 0.4) is 0 Å². The summed E-state index contributed by atoms with van der Waals surface area (Å²) in [6.07, 6.45) is 0.926. The first-order valence-corrected chi connectivity index (χ1v) is 7.21. The number of hydrogen-bond acceptors (Lipinski definition) is 3. The van der Waals surface area contributed by atoms with Gasteiger partial charge in [0.15, 0.2) is 0 Å². The quantitative estimate of drug-likeness (QED) is 0.803. The molecule has 0 saturated carbocycles. The van der Waals surface area contributed by atoms with Crippen molar-refractivity contribution in [2.75, 3.05) is 23.8 Å². The molecule has 21 heavy (non-hydrogen) atoms. The molecule has 3 nitrogen and oxygen atoms in total. The SMILES string of the molecule is CCCOc1cc(N)cc(N(CC)c2ccccc2F)c1. The zero-order chi connectivity index (χ0) is 15.2. The molecule has 0 atom stereocenters. The fourth-order valence-electron chi connectivity index (χ4n) is 2.23. The van der Waals surface area contributed by atoms with Gasteiger partial charge in [0.05, 0.1) is 12.3 Å². The summed E-state index contributed by atoms with van der Waals surface area (Å²) in [5, 5.41) is 0. The molecule has 4 heteroatoms. The molecule has 0 aliphatic rings. The third-order valence-electron chi connectivity index (χ3n) is 3.16. The molecule has 0 spiro atoms. The van der Waals surface area contributed by atoms with Crippen molar-refractivity contribution in [1.82, 2.24) is 0 Å². The van der Waals surface area contributed by atoms with Gasteiger partial charge in [-0.1, -0.05) is 19.1 Å². The van der Waals surface area contributed by atoms with Gasteiger partial charge in [-0.3, -0.25) is 0 Å². The molecule has 112 valence electrons. The van der Waals surface area contributed by atoms with E-state index >= 15 is 0 Å². The molecular weight excluding hydrogens is 267 g/mol. The van der Waals surface area contributed by atoms with E-state index in [2.05, 4.69) is 0 Å². The van der Waals surface area contributed by atoms with Crippen molar-refractivity contribution in [1.29, 1.82) is 0 Å². The minimum absolute atomic E-state index is 0.252. The third kappa shape index (κ3) is 3.66. The van der Waals surface area contributed by atoms with Crippen molar-refractivity contribution in [3.05, 3.63) is 48.3 Å². The number of benzene rings is 2. The maximum atomic E-state index is 14.0. The van der Waals surface area contributed by atoms with Crippen molar-refractivity contribution >= 4 is 17.1 Å². The van der Waals surface area contributed by atoms with E-state index in [1.54, 1.807) is 18.2 Å². The van der Waals surface area contributed by atoms with E-state index in [4.69, 9.17) is 10.5 Å². The summed E-state index contributed by atoms with van der Waals surface area (Å²) >= 11 is 0. The van der Waals surface area contributed by atoms with E-state index in [1.807, 2.05) is 36.9 Å². The Morgan fingerprint density at radius 2 is 1.90 bits per heavy atom. The van der Waals surface area contributed by atoms with Crippen LogP contribution < -0.4 is 15.4 Å². The summed E-state index contributed by atoms with van der Waals surface area (Å²) in [4.78, 5) is 1.88. The lowest BCUT2D eigenvalue weighted by atomic mass is 10.2. The van der Waals surface area contributed by atoms with Crippen molar-refractivity contribution < 1.29 is 9.13 Å². The molecule has 0 saturated heterocycles. The largest absolute Gasteiger partial charge is 0.493 e. The van der Waals surface area contributed by atoms with Gasteiger partial charge in [-0.25, -0.2) is 4.39 Å². The van der Waals surface area contributed by atoms with Crippen LogP contribution in [0, 0.1) is 5.82 Å². The first kappa shape index (κ1) is 15.2. The highest BCUT2D eigenvalue weighted by molar-refractivity contribution is 5.69. The van der Waals surface area contributed by atoms with Crippen molar-refractivity contribution in [3.63, 3.8) is 0 Å². The Labute approximate surface area is 125 Å². The molecular formula is C17H21FN2O. The molecule has 0 aliphatic carbocycles. The van der Waals surface area contributed by atoms with E-state index in [9.17, 15) is 4.39 Å². The van der Waals surface area contributed by atoms with E-state index in [-0.39, 0.29) is 5.82 Å². The van der Waals surface area contributed by atoms with Gasteiger partial charge in [0, 0.05) is 30.1 Å². The number of nitrogens with two attached hydrogens (primary N) is 1. The highest BCUT2D eigenvalue weighted by atomic mass is 19.1. The zero-order valence-electron chi connectivity index (χ0n) is 12.5. The standard InChI is InChI=1S/C17H21FN2O/c1-3-9-21-15-11-13(19)10-14(12-15)20(4-2)17-8-6-5-7-16(17)18/h5-8,10-12H,3-4,9,19H2,1-2H3. The Morgan fingerprint density at radius 1 is 1.14 bits per heavy atom. The van der Waals surface area contributed by atoms with Gasteiger partial charge in [-0.05, 0) is 31.5 Å². The molecule has 0 aromatic heterocycles. The third-order valence-corrected chi connectivity index (χ3v) is 3.16. The molecule has 0 radical (unpaired) electrons. The molecule has 0 fully saturated rings. The van der Waals surface area contributed by atoms with Crippen molar-refractivity contribution in [2.45, 2.75) is 20.3 Å². The van der Waals surface area contributed by atoms with Gasteiger partial charge in [0.2, 0.25) is 0 Å². The van der Waals surface area contributed by atoms with E-state index in [0.717, 1.165) is 12.1 Å². The monoisotopic (exact) mass is 288 g/mol. The van der Waals surface area contributed by atoms with Crippen LogP contribution in [0.1, 0.15) is 20.3 Å². The normalized spacial score (nSPS) is 10.4. The second-order valence-electron chi connectivity index (χ2n) is 4.80. The minimum Gasteiger partial charge on any atom is -0.493 e. The molecule has 0 bridgehead atoms. The summed E-state index contributed by atoms with van der Waals surface area (Å²) in [5.74, 6) is 0.458. The van der Waals surface area contributed by atoms with Crippen LogP contribution in [-0.4, -0.2) is 13.2 Å². The summed E-state index contributed by atoms with van der Waals surface area (Å²) < 4.78 is 19.6. The fraction of sp³-hybridized carbons (Fsp3) is 0.294. The lowest BCUT2D eigenvalue weighted by Gasteiger charge is -2.24. The predicted molar refractivity (Wildman–Crippen MR) is 85.7 cm³/mol. The van der Waals surface area contributed by atoms with Crippen LogP contribution in [0.4, 0.5) is 21.5 Å². The topological polar surface area (TPSA) is 38.5 Å². The average Bonchev–Trinajstić information content (AvgIpc) is 2.47. The Hall–Kier alpha value is -2.23. The number of anilines is 3. The Balaban J connectivity index is 2.38. The van der Waals surface area contributed by atoms with Crippen LogP contribution in [0.2, 0.25) is 0 Å². The van der Waals surface area contributed by atoms with Gasteiger partial charge in [0.25, 0.3) is 0 Å². The highest BCUT2D eigenvalue weighted by Crippen LogP contribution is 2.32. The van der Waals surface area contributed by atoms with Crippen LogP contribution in [-0.2, 0) is 0 Å². The maximum Gasteiger partial charge on any atom is 0.146 e. The lowest BCUT2D eigenvalue weighted by Crippen LogP contribution is -2.17. The Morgan fingerprint density at radius 3 is 2.57 bits per heavy atom. The number of para-hydroxylation sites is 1. The van der Waals surface area contributed by atoms with Crippen LogP contribution in [0.15, 0.2) is 42.5 Å². The fourth-order valence-corrected chi connectivity index (χ4v) is 2.23. The molecule has 2 rings (SSSR count). The molecule has 2 aromatic rings. The Bertz CT molecular complexity index is 601. The van der Waals surface area contributed by atoms with Crippen molar-refractivity contribution in [3.8, 4) is 5.75 Å². The first-order valence-electron chi connectivity index (χ1n) is 7.21. The second kappa shape index (κ2) is 6.97. The summed E-state index contributed by atoms with van der Waals surface area (Å²) in [6.45, 7) is 5.29. The van der Waals surface area contributed by atoms with E-state index in [1.165, 1.54) is 6.07 Å². The molecule has 0 unspecified atom stereocenters. The number of ether oxygens (including phenoxy) is 1. The van der Waals surface area contributed by atoms with Crippen molar-refractivity contribution in [2.24, 2.45) is 0 Å². The zero-order valence-corrected chi connectivity index (χ0v) is 12.5. The van der Waals surface area contributed by atoms with Crippen LogP contribution in [0.5, 0.6) is 5.75 Å². The van der Waals surface area contributed by atoms with Gasteiger partial charge in [-0.2, -0.15) is 0 Å². The Kier molecular flexibility index (Phi) is 5.04. The van der Waals surface area contributed by atoms with Crippen LogP contribution in [0.25, 0.3) is 0 Å². The van der Waals surface area contributed by atoms with Gasteiger partial charge in [-0.15, -0.1) is 0 Å². The van der Waals surface area contributed by atoms with E-state index in [0.29, 0.717) is 30.3 Å².